The second kappa shape index (κ2) is 6.74. The summed E-state index contributed by atoms with van der Waals surface area (Å²) < 4.78 is 0. The number of carboxylic acid groups (broad SMARTS) is 1. The highest BCUT2D eigenvalue weighted by atomic mass is 16.4. The first-order valence-corrected chi connectivity index (χ1v) is 7.93. The van der Waals surface area contributed by atoms with E-state index in [2.05, 4.69) is 5.32 Å². The van der Waals surface area contributed by atoms with E-state index >= 15 is 0 Å². The molecule has 5 nitrogen and oxygen atoms in total. The minimum absolute atomic E-state index is 0.00904. The van der Waals surface area contributed by atoms with Gasteiger partial charge in [0.15, 0.2) is 0 Å². The van der Waals surface area contributed by atoms with Gasteiger partial charge in [-0.1, -0.05) is 36.4 Å². The number of urea groups is 1. The second-order valence-corrected chi connectivity index (χ2v) is 6.18. The molecule has 1 atom stereocenters. The lowest BCUT2D eigenvalue weighted by atomic mass is 10.1. The van der Waals surface area contributed by atoms with Crippen LogP contribution in [0.3, 0.4) is 0 Å². The number of nitrogens with one attached hydrogen (secondary N) is 1. The van der Waals surface area contributed by atoms with Crippen LogP contribution in [-0.4, -0.2) is 35.1 Å². The largest absolute Gasteiger partial charge is 0.478 e. The molecule has 0 aliphatic heterocycles. The summed E-state index contributed by atoms with van der Waals surface area (Å²) in [5, 5.41) is 12.1. The van der Waals surface area contributed by atoms with E-state index in [0.29, 0.717) is 18.5 Å². The minimum atomic E-state index is -0.923. The summed E-state index contributed by atoms with van der Waals surface area (Å²) >= 11 is 0. The fourth-order valence-electron chi connectivity index (χ4n) is 3.07. The average Bonchev–Trinajstić information content (AvgIpc) is 2.96. The molecule has 0 heterocycles. The number of aromatic carboxylic acids is 1. The van der Waals surface area contributed by atoms with Crippen LogP contribution in [0, 0.1) is 0 Å². The third-order valence-electron chi connectivity index (χ3n) is 4.32. The molecule has 0 aromatic heterocycles. The lowest BCUT2D eigenvalue weighted by molar-refractivity contribution is 0.0696. The van der Waals surface area contributed by atoms with Crippen LogP contribution >= 0.6 is 0 Å². The summed E-state index contributed by atoms with van der Waals surface area (Å²) in [5.74, 6) is -0.923. The molecule has 2 aromatic carbocycles. The molecular weight excluding hydrogens is 304 g/mol. The highest BCUT2D eigenvalue weighted by molar-refractivity contribution is 5.88. The van der Waals surface area contributed by atoms with Crippen LogP contribution in [0.1, 0.15) is 27.0 Å². The van der Waals surface area contributed by atoms with Gasteiger partial charge < -0.3 is 15.3 Å². The van der Waals surface area contributed by atoms with Gasteiger partial charge in [0, 0.05) is 19.6 Å². The van der Waals surface area contributed by atoms with Gasteiger partial charge in [-0.2, -0.15) is 0 Å². The topological polar surface area (TPSA) is 69.6 Å². The number of rotatable bonds is 4. The molecule has 2 N–H and O–H groups in total. The molecule has 2 aromatic rings. The lowest BCUT2D eigenvalue weighted by Gasteiger charge is -2.21. The van der Waals surface area contributed by atoms with Crippen molar-refractivity contribution in [2.75, 3.05) is 7.05 Å². The van der Waals surface area contributed by atoms with E-state index in [4.69, 9.17) is 5.11 Å². The van der Waals surface area contributed by atoms with Crippen molar-refractivity contribution < 1.29 is 14.7 Å². The second-order valence-electron chi connectivity index (χ2n) is 6.18. The maximum Gasteiger partial charge on any atom is 0.335 e. The molecule has 0 saturated heterocycles. The molecule has 0 saturated carbocycles. The monoisotopic (exact) mass is 324 g/mol. The molecular formula is C19H20N2O3. The molecule has 1 aliphatic carbocycles. The van der Waals surface area contributed by atoms with Gasteiger partial charge in [-0.3, -0.25) is 0 Å². The number of benzene rings is 2. The van der Waals surface area contributed by atoms with E-state index in [1.54, 1.807) is 24.1 Å². The maximum atomic E-state index is 12.4. The van der Waals surface area contributed by atoms with Gasteiger partial charge in [-0.05, 0) is 41.7 Å². The Labute approximate surface area is 140 Å². The zero-order chi connectivity index (χ0) is 17.1. The standard InChI is InChI=1S/C19H20N2O3/c1-21(12-13-5-3-2-4-6-13)19(24)20-17-10-14-7-8-15(18(22)23)9-16(14)11-17/h2-9,17H,10-12H2,1H3,(H,20,24)(H,22,23). The van der Waals surface area contributed by atoms with E-state index in [1.165, 1.54) is 0 Å². The van der Waals surface area contributed by atoms with E-state index in [0.717, 1.165) is 23.1 Å². The third-order valence-corrected chi connectivity index (χ3v) is 4.32. The highest BCUT2D eigenvalue weighted by Crippen LogP contribution is 2.23. The number of hydrogen-bond acceptors (Lipinski definition) is 2. The smallest absolute Gasteiger partial charge is 0.335 e. The molecule has 5 heteroatoms. The summed E-state index contributed by atoms with van der Waals surface area (Å²) in [5.41, 5.74) is 3.49. The average molecular weight is 324 g/mol. The number of fused-ring (bicyclic) bond motifs is 1. The van der Waals surface area contributed by atoms with E-state index in [1.807, 2.05) is 36.4 Å². The first kappa shape index (κ1) is 16.1. The Kier molecular flexibility index (Phi) is 4.51. The zero-order valence-electron chi connectivity index (χ0n) is 13.5. The normalized spacial score (nSPS) is 15.6. The van der Waals surface area contributed by atoms with E-state index in [-0.39, 0.29) is 12.1 Å². The number of carbonyl (C=O) groups is 2. The van der Waals surface area contributed by atoms with Crippen molar-refractivity contribution in [2.24, 2.45) is 0 Å². The number of nitrogens with zero attached hydrogens (tertiary/aromatic N) is 1. The molecule has 0 bridgehead atoms. The van der Waals surface area contributed by atoms with E-state index in [9.17, 15) is 9.59 Å². The summed E-state index contributed by atoms with van der Waals surface area (Å²) in [4.78, 5) is 25.1. The van der Waals surface area contributed by atoms with Crippen molar-refractivity contribution in [1.29, 1.82) is 0 Å². The van der Waals surface area contributed by atoms with Crippen molar-refractivity contribution >= 4 is 12.0 Å². The lowest BCUT2D eigenvalue weighted by Crippen LogP contribution is -2.43. The molecule has 2 amide bonds. The molecule has 124 valence electrons. The van der Waals surface area contributed by atoms with Crippen LogP contribution in [-0.2, 0) is 19.4 Å². The maximum absolute atomic E-state index is 12.4. The third kappa shape index (κ3) is 3.56. The summed E-state index contributed by atoms with van der Waals surface area (Å²) in [7, 11) is 1.77. The van der Waals surface area contributed by atoms with Crippen molar-refractivity contribution in [3.8, 4) is 0 Å². The molecule has 0 radical (unpaired) electrons. The van der Waals surface area contributed by atoms with Crippen LogP contribution in [0.25, 0.3) is 0 Å². The van der Waals surface area contributed by atoms with Crippen molar-refractivity contribution in [3.63, 3.8) is 0 Å². The number of hydrogen-bond donors (Lipinski definition) is 2. The Balaban J connectivity index is 1.59. The highest BCUT2D eigenvalue weighted by Gasteiger charge is 2.24. The zero-order valence-corrected chi connectivity index (χ0v) is 13.5. The predicted molar refractivity (Wildman–Crippen MR) is 91.0 cm³/mol. The number of carbonyl (C=O) groups excluding carboxylic acids is 1. The van der Waals surface area contributed by atoms with Crippen molar-refractivity contribution in [1.82, 2.24) is 10.2 Å². The fraction of sp³-hybridized carbons (Fsp3) is 0.263. The molecule has 24 heavy (non-hydrogen) atoms. The summed E-state index contributed by atoms with van der Waals surface area (Å²) in [6, 6.07) is 14.9. The Morgan fingerprint density at radius 3 is 2.54 bits per heavy atom. The van der Waals surface area contributed by atoms with Gasteiger partial charge in [0.2, 0.25) is 0 Å². The van der Waals surface area contributed by atoms with Gasteiger partial charge in [0.1, 0.15) is 0 Å². The Morgan fingerprint density at radius 2 is 1.83 bits per heavy atom. The first-order valence-electron chi connectivity index (χ1n) is 7.93. The molecule has 0 spiro atoms. The van der Waals surface area contributed by atoms with Gasteiger partial charge >= 0.3 is 12.0 Å². The SMILES string of the molecule is CN(Cc1ccccc1)C(=O)NC1Cc2ccc(C(=O)O)cc2C1. The Bertz CT molecular complexity index is 758. The minimum Gasteiger partial charge on any atom is -0.478 e. The van der Waals surface area contributed by atoms with Gasteiger partial charge in [0.05, 0.1) is 5.56 Å². The van der Waals surface area contributed by atoms with Crippen molar-refractivity contribution in [2.45, 2.75) is 25.4 Å². The molecule has 1 aliphatic rings. The fourth-order valence-corrected chi connectivity index (χ4v) is 3.07. The van der Waals surface area contributed by atoms with Crippen molar-refractivity contribution in [3.05, 3.63) is 70.8 Å². The quantitative estimate of drug-likeness (QED) is 0.908. The summed E-state index contributed by atoms with van der Waals surface area (Å²) in [6.07, 6.45) is 1.40. The molecule has 1 unspecified atom stereocenters. The number of carboxylic acids is 1. The van der Waals surface area contributed by atoms with Crippen LogP contribution in [0.2, 0.25) is 0 Å². The molecule has 3 rings (SSSR count). The van der Waals surface area contributed by atoms with E-state index < -0.39 is 5.97 Å². The predicted octanol–water partition coefficient (Wildman–Crippen LogP) is 2.69. The van der Waals surface area contributed by atoms with Gasteiger partial charge in [0.25, 0.3) is 0 Å². The van der Waals surface area contributed by atoms with Crippen LogP contribution < -0.4 is 5.32 Å². The van der Waals surface area contributed by atoms with Crippen LogP contribution in [0.5, 0.6) is 0 Å². The van der Waals surface area contributed by atoms with Gasteiger partial charge in [-0.25, -0.2) is 9.59 Å². The summed E-state index contributed by atoms with van der Waals surface area (Å²) in [6.45, 7) is 0.551. The Morgan fingerprint density at radius 1 is 1.12 bits per heavy atom. The van der Waals surface area contributed by atoms with Gasteiger partial charge in [-0.15, -0.1) is 0 Å². The van der Waals surface area contributed by atoms with Crippen LogP contribution in [0.4, 0.5) is 4.79 Å². The molecule has 0 fully saturated rings. The van der Waals surface area contributed by atoms with Crippen LogP contribution in [0.15, 0.2) is 48.5 Å². The first-order chi connectivity index (χ1) is 11.5. The Hall–Kier alpha value is -2.82. The number of amides is 2.